The van der Waals surface area contributed by atoms with Crippen molar-refractivity contribution >= 4 is 33.5 Å². The Bertz CT molecular complexity index is 925. The summed E-state index contributed by atoms with van der Waals surface area (Å²) in [5.74, 6) is -1.14. The number of carboxylic acid groups (broad SMARTS) is 1. The largest absolute Gasteiger partial charge is 0.481 e. The number of benzene rings is 1. The molecule has 136 valence electrons. The average molecular weight is 448 g/mol. The number of hydrogen-bond donors (Lipinski definition) is 1. The van der Waals surface area contributed by atoms with Gasteiger partial charge in [0.15, 0.2) is 0 Å². The van der Waals surface area contributed by atoms with Gasteiger partial charge in [0.05, 0.1) is 21.1 Å². The van der Waals surface area contributed by atoms with Crippen molar-refractivity contribution < 1.29 is 23.1 Å². The topological polar surface area (TPSA) is 66.0 Å². The van der Waals surface area contributed by atoms with Gasteiger partial charge in [-0.3, -0.25) is 4.79 Å². The van der Waals surface area contributed by atoms with Gasteiger partial charge in [-0.25, -0.2) is 0 Å². The van der Waals surface area contributed by atoms with Crippen LogP contribution in [0.5, 0.6) is 0 Å². The van der Waals surface area contributed by atoms with Crippen LogP contribution >= 0.6 is 27.5 Å². The molecule has 0 spiro atoms. The molecule has 0 aliphatic heterocycles. The van der Waals surface area contributed by atoms with Crippen molar-refractivity contribution in [2.45, 2.75) is 25.6 Å². The SMILES string of the molecule is N#Cc1c(Br)c(C(F)(F)F)n(CC2(C(=O)O)CC2)c1-c1ccc(Cl)cc1. The molecular weight excluding hydrogens is 437 g/mol. The second-order valence-corrected chi connectivity index (χ2v) is 7.40. The number of nitriles is 1. The van der Waals surface area contributed by atoms with Gasteiger partial charge >= 0.3 is 12.1 Å². The summed E-state index contributed by atoms with van der Waals surface area (Å²) in [6, 6.07) is 7.80. The van der Waals surface area contributed by atoms with Crippen molar-refractivity contribution in [3.8, 4) is 17.3 Å². The highest BCUT2D eigenvalue weighted by molar-refractivity contribution is 9.10. The third kappa shape index (κ3) is 3.10. The van der Waals surface area contributed by atoms with Crippen LogP contribution < -0.4 is 0 Å². The van der Waals surface area contributed by atoms with Gasteiger partial charge in [-0.15, -0.1) is 0 Å². The van der Waals surface area contributed by atoms with Crippen LogP contribution in [0.2, 0.25) is 5.02 Å². The predicted octanol–water partition coefficient (Wildman–Crippen LogP) is 5.33. The first-order valence-electron chi connectivity index (χ1n) is 7.49. The van der Waals surface area contributed by atoms with E-state index in [0.29, 0.717) is 10.6 Å². The summed E-state index contributed by atoms with van der Waals surface area (Å²) >= 11 is 8.73. The van der Waals surface area contributed by atoms with Crippen LogP contribution in [0.3, 0.4) is 0 Å². The molecule has 0 saturated heterocycles. The van der Waals surface area contributed by atoms with Gasteiger partial charge in [0.1, 0.15) is 11.8 Å². The Labute approximate surface area is 159 Å². The first kappa shape index (κ1) is 18.8. The molecule has 1 aliphatic rings. The number of aromatic nitrogens is 1. The predicted molar refractivity (Wildman–Crippen MR) is 91.6 cm³/mol. The van der Waals surface area contributed by atoms with Gasteiger partial charge in [0.25, 0.3) is 0 Å². The number of rotatable bonds is 4. The van der Waals surface area contributed by atoms with E-state index in [4.69, 9.17) is 11.6 Å². The molecule has 1 N–H and O–H groups in total. The summed E-state index contributed by atoms with van der Waals surface area (Å²) in [5, 5.41) is 19.2. The number of alkyl halides is 3. The minimum absolute atomic E-state index is 0.0240. The fourth-order valence-corrected chi connectivity index (χ4v) is 3.77. The molecule has 1 fully saturated rings. The zero-order valence-electron chi connectivity index (χ0n) is 13.1. The fourth-order valence-electron chi connectivity index (χ4n) is 2.93. The summed E-state index contributed by atoms with van der Waals surface area (Å²) in [4.78, 5) is 11.5. The summed E-state index contributed by atoms with van der Waals surface area (Å²) < 4.78 is 41.6. The Morgan fingerprint density at radius 2 is 1.92 bits per heavy atom. The van der Waals surface area contributed by atoms with Gasteiger partial charge in [-0.2, -0.15) is 18.4 Å². The molecule has 1 aliphatic carbocycles. The molecule has 4 nitrogen and oxygen atoms in total. The smallest absolute Gasteiger partial charge is 0.432 e. The highest BCUT2D eigenvalue weighted by atomic mass is 79.9. The second kappa shape index (κ2) is 6.32. The van der Waals surface area contributed by atoms with Crippen LogP contribution in [-0.2, 0) is 17.5 Å². The molecular formula is C17H11BrClF3N2O2. The molecule has 9 heteroatoms. The van der Waals surface area contributed by atoms with Crippen LogP contribution in [0.15, 0.2) is 28.7 Å². The Morgan fingerprint density at radius 3 is 2.35 bits per heavy atom. The number of nitrogens with zero attached hydrogens (tertiary/aromatic N) is 2. The normalized spacial score (nSPS) is 15.5. The summed E-state index contributed by atoms with van der Waals surface area (Å²) in [6.07, 6.45) is -4.18. The summed E-state index contributed by atoms with van der Waals surface area (Å²) in [6.45, 7) is -0.366. The zero-order chi connectivity index (χ0) is 19.3. The lowest BCUT2D eigenvalue weighted by molar-refractivity contribution is -0.148. The van der Waals surface area contributed by atoms with Crippen LogP contribution in [0.25, 0.3) is 11.3 Å². The molecule has 1 heterocycles. The van der Waals surface area contributed by atoms with E-state index in [-0.39, 0.29) is 30.6 Å². The number of hydrogen-bond acceptors (Lipinski definition) is 2. The minimum atomic E-state index is -4.76. The molecule has 2 aromatic rings. The van der Waals surface area contributed by atoms with Gasteiger partial charge in [0.2, 0.25) is 0 Å². The van der Waals surface area contributed by atoms with E-state index in [1.807, 2.05) is 0 Å². The lowest BCUT2D eigenvalue weighted by Crippen LogP contribution is -2.25. The molecule has 1 saturated carbocycles. The lowest BCUT2D eigenvalue weighted by atomic mass is 10.1. The number of aliphatic carboxylic acids is 1. The first-order valence-corrected chi connectivity index (χ1v) is 8.66. The average Bonchev–Trinajstić information content (AvgIpc) is 3.26. The number of carbonyl (C=O) groups is 1. The highest BCUT2D eigenvalue weighted by Crippen LogP contribution is 2.51. The third-order valence-electron chi connectivity index (χ3n) is 4.47. The van der Waals surface area contributed by atoms with Gasteiger partial charge in [0, 0.05) is 11.6 Å². The molecule has 3 rings (SSSR count). The molecule has 0 unspecified atom stereocenters. The third-order valence-corrected chi connectivity index (χ3v) is 5.49. The Balaban J connectivity index is 2.29. The maximum absolute atomic E-state index is 13.7. The molecule has 0 radical (unpaired) electrons. The Morgan fingerprint density at radius 1 is 1.35 bits per heavy atom. The van der Waals surface area contributed by atoms with Gasteiger partial charge < -0.3 is 9.67 Å². The fraction of sp³-hybridized carbons (Fsp3) is 0.294. The van der Waals surface area contributed by atoms with E-state index in [1.165, 1.54) is 24.3 Å². The lowest BCUT2D eigenvalue weighted by Gasteiger charge is -2.19. The van der Waals surface area contributed by atoms with Crippen LogP contribution in [0, 0.1) is 16.7 Å². The second-order valence-electron chi connectivity index (χ2n) is 6.17. The maximum Gasteiger partial charge on any atom is 0.432 e. The van der Waals surface area contributed by atoms with E-state index < -0.39 is 27.7 Å². The van der Waals surface area contributed by atoms with E-state index in [1.54, 1.807) is 6.07 Å². The van der Waals surface area contributed by atoms with Crippen molar-refractivity contribution in [3.05, 3.63) is 45.0 Å². The van der Waals surface area contributed by atoms with Crippen LogP contribution in [0.1, 0.15) is 24.1 Å². The molecule has 1 aromatic carbocycles. The van der Waals surface area contributed by atoms with Crippen molar-refractivity contribution in [1.29, 1.82) is 5.26 Å². The molecule has 1 aromatic heterocycles. The standard InChI is InChI=1S/C17H11BrClF3N2O2/c18-12-11(7-23)13(9-1-3-10(19)4-2-9)24(14(12)17(20,21)22)8-16(5-6-16)15(25)26/h1-4H,5-6,8H2,(H,25,26). The number of halogens is 5. The van der Waals surface area contributed by atoms with Crippen molar-refractivity contribution in [1.82, 2.24) is 4.57 Å². The number of carboxylic acids is 1. The van der Waals surface area contributed by atoms with Crippen molar-refractivity contribution in [3.63, 3.8) is 0 Å². The quantitative estimate of drug-likeness (QED) is 0.689. The highest BCUT2D eigenvalue weighted by Gasteiger charge is 2.52. The van der Waals surface area contributed by atoms with E-state index in [9.17, 15) is 28.3 Å². The van der Waals surface area contributed by atoms with Gasteiger partial charge in [-0.05, 0) is 46.5 Å². The Hall–Kier alpha value is -1.98. The monoisotopic (exact) mass is 446 g/mol. The van der Waals surface area contributed by atoms with E-state index in [0.717, 1.165) is 4.57 Å². The molecule has 0 bridgehead atoms. The molecule has 0 atom stereocenters. The van der Waals surface area contributed by atoms with Crippen LogP contribution in [0.4, 0.5) is 13.2 Å². The van der Waals surface area contributed by atoms with E-state index >= 15 is 0 Å². The zero-order valence-corrected chi connectivity index (χ0v) is 15.4. The Kier molecular flexibility index (Phi) is 4.57. The van der Waals surface area contributed by atoms with Crippen molar-refractivity contribution in [2.24, 2.45) is 5.41 Å². The minimum Gasteiger partial charge on any atom is -0.481 e. The van der Waals surface area contributed by atoms with Gasteiger partial charge in [-0.1, -0.05) is 23.7 Å². The van der Waals surface area contributed by atoms with Crippen LogP contribution in [-0.4, -0.2) is 15.6 Å². The summed E-state index contributed by atoms with van der Waals surface area (Å²) in [7, 11) is 0. The first-order chi connectivity index (χ1) is 12.1. The van der Waals surface area contributed by atoms with Crippen molar-refractivity contribution in [2.75, 3.05) is 0 Å². The van der Waals surface area contributed by atoms with E-state index in [2.05, 4.69) is 15.9 Å². The molecule has 0 amide bonds. The summed E-state index contributed by atoms with van der Waals surface area (Å²) in [5.41, 5.74) is -2.13. The maximum atomic E-state index is 13.7. The molecule has 26 heavy (non-hydrogen) atoms.